The minimum Gasteiger partial charge on any atom is -0.494 e. The molecular formula is C26H28N6O2S3. The van der Waals surface area contributed by atoms with Gasteiger partial charge in [0.25, 0.3) is 0 Å². The van der Waals surface area contributed by atoms with Gasteiger partial charge in [-0.15, -0.1) is 21.5 Å². The van der Waals surface area contributed by atoms with Gasteiger partial charge in [-0.1, -0.05) is 43.9 Å². The molecule has 0 unspecified atom stereocenters. The van der Waals surface area contributed by atoms with E-state index < -0.39 is 0 Å². The van der Waals surface area contributed by atoms with Crippen molar-refractivity contribution in [1.82, 2.24) is 24.6 Å². The Morgan fingerprint density at radius 3 is 2.95 bits per heavy atom. The summed E-state index contributed by atoms with van der Waals surface area (Å²) in [6.45, 7) is 9.56. The molecule has 6 rings (SSSR count). The summed E-state index contributed by atoms with van der Waals surface area (Å²) < 4.78 is 8.44. The van der Waals surface area contributed by atoms with Crippen LogP contribution in [0.4, 0.5) is 5.13 Å². The minimum absolute atomic E-state index is 0.138. The quantitative estimate of drug-likeness (QED) is 0.250. The lowest BCUT2D eigenvalue weighted by atomic mass is 9.72. The average Bonchev–Trinajstić information content (AvgIpc) is 3.55. The Bertz CT molecular complexity index is 1630. The van der Waals surface area contributed by atoms with Crippen molar-refractivity contribution >= 4 is 71.6 Å². The highest BCUT2D eigenvalue weighted by Crippen LogP contribution is 2.43. The van der Waals surface area contributed by atoms with Gasteiger partial charge in [-0.25, -0.2) is 9.97 Å². The molecule has 1 N–H and O–H groups in total. The summed E-state index contributed by atoms with van der Waals surface area (Å²) in [4.78, 5) is 24.4. The minimum atomic E-state index is -0.138. The number of thiazole rings is 1. The number of aryl methyl sites for hydroxylation is 1. The van der Waals surface area contributed by atoms with E-state index in [0.717, 1.165) is 44.7 Å². The highest BCUT2D eigenvalue weighted by atomic mass is 32.2. The van der Waals surface area contributed by atoms with Gasteiger partial charge in [0.15, 0.2) is 15.9 Å². The second-order valence-corrected chi connectivity index (χ2v) is 13.4. The fourth-order valence-corrected chi connectivity index (χ4v) is 7.77. The number of thiophene rings is 1. The fraction of sp³-hybridized carbons (Fsp3) is 0.423. The molecule has 0 saturated carbocycles. The first-order valence-corrected chi connectivity index (χ1v) is 15.0. The number of fused-ring (bicyclic) bond motifs is 6. The van der Waals surface area contributed by atoms with Crippen molar-refractivity contribution in [1.29, 1.82) is 0 Å². The van der Waals surface area contributed by atoms with Gasteiger partial charge in [0.2, 0.25) is 5.91 Å². The van der Waals surface area contributed by atoms with Crippen LogP contribution in [-0.4, -0.2) is 42.8 Å². The molecule has 5 aromatic rings. The topological polar surface area (TPSA) is 94.3 Å². The maximum absolute atomic E-state index is 12.7. The molecule has 0 spiro atoms. The molecule has 11 heteroatoms. The third kappa shape index (κ3) is 4.68. The lowest BCUT2D eigenvalue weighted by Gasteiger charge is -2.33. The van der Waals surface area contributed by atoms with Gasteiger partial charge in [0, 0.05) is 4.88 Å². The van der Waals surface area contributed by atoms with Gasteiger partial charge in [-0.2, -0.15) is 0 Å². The molecule has 0 bridgehead atoms. The van der Waals surface area contributed by atoms with Crippen molar-refractivity contribution in [2.75, 3.05) is 17.7 Å². The van der Waals surface area contributed by atoms with Gasteiger partial charge in [-0.3, -0.25) is 9.20 Å². The molecule has 37 heavy (non-hydrogen) atoms. The monoisotopic (exact) mass is 552 g/mol. The van der Waals surface area contributed by atoms with E-state index in [1.54, 1.807) is 17.7 Å². The molecule has 0 radical (unpaired) electrons. The Balaban J connectivity index is 1.18. The maximum Gasteiger partial charge on any atom is 0.236 e. The van der Waals surface area contributed by atoms with E-state index in [2.05, 4.69) is 41.3 Å². The Morgan fingerprint density at radius 2 is 2.14 bits per heavy atom. The smallest absolute Gasteiger partial charge is 0.236 e. The summed E-state index contributed by atoms with van der Waals surface area (Å²) in [5.41, 5.74) is 3.34. The van der Waals surface area contributed by atoms with Crippen LogP contribution in [0.1, 0.15) is 44.6 Å². The van der Waals surface area contributed by atoms with Crippen molar-refractivity contribution in [3.8, 4) is 5.75 Å². The van der Waals surface area contributed by atoms with Crippen LogP contribution >= 0.6 is 34.4 Å². The first kappa shape index (κ1) is 24.6. The summed E-state index contributed by atoms with van der Waals surface area (Å²) in [5.74, 6) is 1.54. The molecule has 4 aromatic heterocycles. The number of carbonyl (C=O) groups is 1. The van der Waals surface area contributed by atoms with Gasteiger partial charge in [-0.05, 0) is 61.3 Å². The zero-order valence-corrected chi connectivity index (χ0v) is 23.6. The number of nitrogens with one attached hydrogen (secondary N) is 1. The van der Waals surface area contributed by atoms with Crippen LogP contribution < -0.4 is 10.1 Å². The predicted molar refractivity (Wildman–Crippen MR) is 151 cm³/mol. The molecule has 1 amide bonds. The molecule has 1 aromatic carbocycles. The normalized spacial score (nSPS) is 15.9. The SMILES string of the molecule is CCOc1ccc2nc(NC(=O)CSc3nnc4c5c6c(sc5ncn34)C[C@@H](C(C)(C)C)CC6)sc2c1. The molecule has 0 aliphatic heterocycles. The van der Waals surface area contributed by atoms with Crippen LogP contribution in [0.15, 0.2) is 29.7 Å². The van der Waals surface area contributed by atoms with E-state index >= 15 is 0 Å². The van der Waals surface area contributed by atoms with Gasteiger partial charge in [0.1, 0.15) is 16.9 Å². The highest BCUT2D eigenvalue weighted by molar-refractivity contribution is 7.99. The zero-order valence-electron chi connectivity index (χ0n) is 21.2. The maximum atomic E-state index is 12.7. The van der Waals surface area contributed by atoms with Crippen LogP contribution in [0.3, 0.4) is 0 Å². The van der Waals surface area contributed by atoms with Crippen LogP contribution in [0.25, 0.3) is 26.1 Å². The predicted octanol–water partition coefficient (Wildman–Crippen LogP) is 6.23. The van der Waals surface area contributed by atoms with Crippen LogP contribution in [0.5, 0.6) is 5.75 Å². The number of nitrogens with zero attached hydrogens (tertiary/aromatic N) is 5. The number of carbonyl (C=O) groups excluding carboxylic acids is 1. The number of thioether (sulfide) groups is 1. The number of anilines is 1. The zero-order chi connectivity index (χ0) is 25.7. The second kappa shape index (κ2) is 9.52. The fourth-order valence-electron chi connectivity index (χ4n) is 4.89. The second-order valence-electron chi connectivity index (χ2n) is 10.3. The summed E-state index contributed by atoms with van der Waals surface area (Å²) in [7, 11) is 0. The van der Waals surface area contributed by atoms with E-state index in [1.807, 2.05) is 29.5 Å². The Morgan fingerprint density at radius 1 is 1.27 bits per heavy atom. The van der Waals surface area contributed by atoms with E-state index in [-0.39, 0.29) is 11.7 Å². The van der Waals surface area contributed by atoms with Crippen LogP contribution in [-0.2, 0) is 17.6 Å². The number of hydrogen-bond acceptors (Lipinski definition) is 9. The average molecular weight is 553 g/mol. The van der Waals surface area contributed by atoms with Gasteiger partial charge >= 0.3 is 0 Å². The van der Waals surface area contributed by atoms with Gasteiger partial charge in [0.05, 0.1) is 28.0 Å². The lowest BCUT2D eigenvalue weighted by molar-refractivity contribution is -0.113. The molecular weight excluding hydrogens is 525 g/mol. The molecule has 0 saturated heterocycles. The summed E-state index contributed by atoms with van der Waals surface area (Å²) in [6, 6.07) is 5.75. The highest BCUT2D eigenvalue weighted by Gasteiger charge is 2.32. The Hall–Kier alpha value is -2.76. The number of benzene rings is 1. The molecule has 1 atom stereocenters. The first-order chi connectivity index (χ1) is 17.8. The Kier molecular flexibility index (Phi) is 6.32. The van der Waals surface area contributed by atoms with E-state index in [9.17, 15) is 4.79 Å². The van der Waals surface area contributed by atoms with Crippen molar-refractivity contribution in [3.63, 3.8) is 0 Å². The molecule has 4 heterocycles. The largest absolute Gasteiger partial charge is 0.494 e. The van der Waals surface area contributed by atoms with Crippen LogP contribution in [0.2, 0.25) is 0 Å². The third-order valence-electron chi connectivity index (χ3n) is 6.90. The molecule has 0 fully saturated rings. The van der Waals surface area contributed by atoms with Crippen LogP contribution in [0, 0.1) is 11.3 Å². The van der Waals surface area contributed by atoms with E-state index in [1.165, 1.54) is 40.0 Å². The summed E-state index contributed by atoms with van der Waals surface area (Å²) >= 11 is 4.58. The molecule has 1 aliphatic rings. The number of rotatable bonds is 6. The molecule has 8 nitrogen and oxygen atoms in total. The van der Waals surface area contributed by atoms with Crippen molar-refractivity contribution in [2.24, 2.45) is 11.3 Å². The number of amides is 1. The number of aromatic nitrogens is 5. The first-order valence-electron chi connectivity index (χ1n) is 12.4. The number of hydrogen-bond donors (Lipinski definition) is 1. The third-order valence-corrected chi connectivity index (χ3v) is 9.94. The van der Waals surface area contributed by atoms with Crippen molar-refractivity contribution in [2.45, 2.75) is 52.1 Å². The standard InChI is InChI=1S/C26H28N6O2S3/c1-5-34-15-7-9-17-19(11-15)37-24(28-17)29-20(33)12-35-25-31-30-22-21-16-8-6-14(26(2,3)4)10-18(16)36-23(21)27-13-32(22)25/h7,9,11,13-14H,5-6,8,10,12H2,1-4H3,(H,28,29,33)/t14-/m0/s1. The Labute approximate surface area is 226 Å². The number of ether oxygens (including phenoxy) is 1. The summed E-state index contributed by atoms with van der Waals surface area (Å²) in [5, 5.41) is 14.2. The lowest BCUT2D eigenvalue weighted by Crippen LogP contribution is -2.26. The van der Waals surface area contributed by atoms with E-state index in [4.69, 9.17) is 9.72 Å². The van der Waals surface area contributed by atoms with Gasteiger partial charge < -0.3 is 10.1 Å². The molecule has 192 valence electrons. The van der Waals surface area contributed by atoms with Crippen molar-refractivity contribution in [3.05, 3.63) is 35.0 Å². The van der Waals surface area contributed by atoms with Crippen molar-refractivity contribution < 1.29 is 9.53 Å². The summed E-state index contributed by atoms with van der Waals surface area (Å²) in [6.07, 6.45) is 5.11. The van der Waals surface area contributed by atoms with E-state index in [0.29, 0.717) is 28.2 Å². The molecule has 1 aliphatic carbocycles.